The lowest BCUT2D eigenvalue weighted by atomic mass is 9.80. The zero-order chi connectivity index (χ0) is 14.1. The zero-order valence-electron chi connectivity index (χ0n) is 10.8. The molecule has 20 heavy (non-hydrogen) atoms. The van der Waals surface area contributed by atoms with Crippen LogP contribution in [-0.2, 0) is 6.42 Å². The lowest BCUT2D eigenvalue weighted by Gasteiger charge is -2.25. The third-order valence-electron chi connectivity index (χ3n) is 3.81. The topological polar surface area (TPSA) is 50.2 Å². The Labute approximate surface area is 122 Å². The molecular weight excluding hydrogens is 274 g/mol. The summed E-state index contributed by atoms with van der Waals surface area (Å²) >= 11 is 6.05. The number of carboxylic acids is 1. The normalized spacial score (nSPS) is 17.6. The lowest BCUT2D eigenvalue weighted by molar-refractivity contribution is 0.0695. The number of aromatic carboxylic acids is 1. The van der Waals surface area contributed by atoms with Crippen LogP contribution in [0.15, 0.2) is 36.5 Å². The molecule has 1 aliphatic rings. The summed E-state index contributed by atoms with van der Waals surface area (Å²) in [5, 5.41) is 9.93. The van der Waals surface area contributed by atoms with Crippen molar-refractivity contribution in [3.63, 3.8) is 0 Å². The van der Waals surface area contributed by atoms with Crippen LogP contribution in [0.25, 0.3) is 0 Å². The van der Waals surface area contributed by atoms with E-state index in [4.69, 9.17) is 11.6 Å². The van der Waals surface area contributed by atoms with Gasteiger partial charge in [0.15, 0.2) is 0 Å². The quantitative estimate of drug-likeness (QED) is 0.911. The van der Waals surface area contributed by atoms with Gasteiger partial charge in [-0.05, 0) is 54.7 Å². The summed E-state index contributed by atoms with van der Waals surface area (Å²) < 4.78 is 0. The molecule has 0 bridgehead atoms. The lowest BCUT2D eigenvalue weighted by Crippen LogP contribution is -2.16. The summed E-state index contributed by atoms with van der Waals surface area (Å²) in [5.41, 5.74) is 3.28. The van der Waals surface area contributed by atoms with E-state index in [-0.39, 0.29) is 5.92 Å². The highest BCUT2D eigenvalue weighted by molar-refractivity contribution is 6.30. The van der Waals surface area contributed by atoms with Crippen LogP contribution >= 0.6 is 11.6 Å². The van der Waals surface area contributed by atoms with Crippen molar-refractivity contribution in [3.05, 3.63) is 63.9 Å². The first kappa shape index (κ1) is 13.1. The summed E-state index contributed by atoms with van der Waals surface area (Å²) in [4.78, 5) is 15.9. The molecule has 0 spiro atoms. The average molecular weight is 288 g/mol. The molecule has 1 aromatic heterocycles. The predicted molar refractivity (Wildman–Crippen MR) is 77.4 cm³/mol. The molecule has 2 aromatic rings. The minimum atomic E-state index is -0.917. The van der Waals surface area contributed by atoms with Gasteiger partial charge in [-0.1, -0.05) is 17.7 Å². The number of nitrogens with zero attached hydrogens (tertiary/aromatic N) is 1. The Balaban J connectivity index is 2.15. The van der Waals surface area contributed by atoms with E-state index < -0.39 is 5.97 Å². The number of hydrogen-bond acceptors (Lipinski definition) is 2. The molecule has 0 fully saturated rings. The minimum absolute atomic E-state index is 0.0183. The molecule has 0 saturated heterocycles. The highest BCUT2D eigenvalue weighted by Crippen LogP contribution is 2.37. The highest BCUT2D eigenvalue weighted by Gasteiger charge is 2.26. The molecule has 3 rings (SSSR count). The van der Waals surface area contributed by atoms with Gasteiger partial charge in [-0.3, -0.25) is 4.98 Å². The molecule has 1 unspecified atom stereocenters. The minimum Gasteiger partial charge on any atom is -0.478 e. The van der Waals surface area contributed by atoms with E-state index in [1.165, 1.54) is 5.56 Å². The van der Waals surface area contributed by atoms with E-state index in [0.29, 0.717) is 10.6 Å². The van der Waals surface area contributed by atoms with Crippen molar-refractivity contribution in [2.45, 2.75) is 25.2 Å². The molecule has 1 aliphatic carbocycles. The summed E-state index contributed by atoms with van der Waals surface area (Å²) in [6.07, 6.45) is 4.71. The Kier molecular flexibility index (Phi) is 3.45. The number of halogens is 1. The second kappa shape index (κ2) is 5.25. The van der Waals surface area contributed by atoms with Crippen LogP contribution in [0.4, 0.5) is 0 Å². The van der Waals surface area contributed by atoms with E-state index in [9.17, 15) is 9.90 Å². The maximum atomic E-state index is 11.4. The second-order valence-corrected chi connectivity index (χ2v) is 5.47. The fourth-order valence-corrected chi connectivity index (χ4v) is 3.11. The fourth-order valence-electron chi connectivity index (χ4n) is 2.93. The Hall–Kier alpha value is -1.87. The third kappa shape index (κ3) is 2.29. The first-order valence-electron chi connectivity index (χ1n) is 6.63. The first-order chi connectivity index (χ1) is 9.66. The van der Waals surface area contributed by atoms with Gasteiger partial charge < -0.3 is 5.11 Å². The van der Waals surface area contributed by atoms with Crippen LogP contribution in [0.1, 0.15) is 45.9 Å². The largest absolute Gasteiger partial charge is 0.478 e. The molecule has 0 radical (unpaired) electrons. The molecule has 102 valence electrons. The van der Waals surface area contributed by atoms with Gasteiger partial charge in [0.2, 0.25) is 0 Å². The fraction of sp³-hybridized carbons (Fsp3) is 0.250. The molecule has 0 saturated carbocycles. The van der Waals surface area contributed by atoms with E-state index in [0.717, 1.165) is 30.5 Å². The van der Waals surface area contributed by atoms with Crippen molar-refractivity contribution in [1.29, 1.82) is 0 Å². The SMILES string of the molecule is O=C(O)c1ccc(Cl)cc1C1CCCc2cccnc21. The molecular formula is C16H14ClNO2. The summed E-state index contributed by atoms with van der Waals surface area (Å²) in [5.74, 6) is -0.899. The Morgan fingerprint density at radius 1 is 1.35 bits per heavy atom. The molecule has 1 heterocycles. The van der Waals surface area contributed by atoms with Crippen molar-refractivity contribution in [3.8, 4) is 0 Å². The van der Waals surface area contributed by atoms with Crippen LogP contribution in [0.3, 0.4) is 0 Å². The number of rotatable bonds is 2. The number of benzene rings is 1. The zero-order valence-corrected chi connectivity index (χ0v) is 11.6. The number of carboxylic acid groups (broad SMARTS) is 1. The second-order valence-electron chi connectivity index (χ2n) is 5.03. The average Bonchev–Trinajstić information content (AvgIpc) is 2.46. The van der Waals surface area contributed by atoms with Crippen LogP contribution in [-0.4, -0.2) is 16.1 Å². The first-order valence-corrected chi connectivity index (χ1v) is 7.01. The van der Waals surface area contributed by atoms with Crippen LogP contribution in [0, 0.1) is 0 Å². The molecule has 1 atom stereocenters. The van der Waals surface area contributed by atoms with Crippen molar-refractivity contribution < 1.29 is 9.90 Å². The maximum Gasteiger partial charge on any atom is 0.335 e. The van der Waals surface area contributed by atoms with Crippen LogP contribution in [0.2, 0.25) is 5.02 Å². The van der Waals surface area contributed by atoms with Crippen LogP contribution < -0.4 is 0 Å². The molecule has 1 aromatic carbocycles. The Morgan fingerprint density at radius 3 is 3.00 bits per heavy atom. The Morgan fingerprint density at radius 2 is 2.20 bits per heavy atom. The smallest absolute Gasteiger partial charge is 0.335 e. The number of aromatic nitrogens is 1. The molecule has 3 nitrogen and oxygen atoms in total. The van der Waals surface area contributed by atoms with E-state index in [1.807, 2.05) is 6.07 Å². The van der Waals surface area contributed by atoms with E-state index in [1.54, 1.807) is 24.4 Å². The summed E-state index contributed by atoms with van der Waals surface area (Å²) in [7, 11) is 0. The van der Waals surface area contributed by atoms with Gasteiger partial charge in [-0.15, -0.1) is 0 Å². The van der Waals surface area contributed by atoms with Gasteiger partial charge in [0.1, 0.15) is 0 Å². The van der Waals surface area contributed by atoms with Gasteiger partial charge in [0.25, 0.3) is 0 Å². The standard InChI is InChI=1S/C16H14ClNO2/c17-11-6-7-13(16(19)20)14(9-11)12-5-1-3-10-4-2-8-18-15(10)12/h2,4,6-9,12H,1,3,5H2,(H,19,20). The van der Waals surface area contributed by atoms with E-state index >= 15 is 0 Å². The van der Waals surface area contributed by atoms with Crippen LogP contribution in [0.5, 0.6) is 0 Å². The number of hydrogen-bond donors (Lipinski definition) is 1. The van der Waals surface area contributed by atoms with Crippen molar-refractivity contribution in [2.75, 3.05) is 0 Å². The number of carbonyl (C=O) groups is 1. The molecule has 4 heteroatoms. The van der Waals surface area contributed by atoms with Gasteiger partial charge in [-0.2, -0.15) is 0 Å². The monoisotopic (exact) mass is 287 g/mol. The predicted octanol–water partition coefficient (Wildman–Crippen LogP) is 3.90. The highest BCUT2D eigenvalue weighted by atomic mass is 35.5. The summed E-state index contributed by atoms with van der Waals surface area (Å²) in [6, 6.07) is 8.96. The maximum absolute atomic E-state index is 11.4. The van der Waals surface area contributed by atoms with Crippen molar-refractivity contribution in [1.82, 2.24) is 4.98 Å². The Bertz CT molecular complexity index is 669. The van der Waals surface area contributed by atoms with Crippen molar-refractivity contribution in [2.24, 2.45) is 0 Å². The molecule has 1 N–H and O–H groups in total. The van der Waals surface area contributed by atoms with Crippen molar-refractivity contribution >= 4 is 17.6 Å². The number of pyridine rings is 1. The number of aryl methyl sites for hydroxylation is 1. The third-order valence-corrected chi connectivity index (χ3v) is 4.05. The molecule has 0 aliphatic heterocycles. The van der Waals surface area contributed by atoms with Gasteiger partial charge in [0, 0.05) is 17.1 Å². The molecule has 0 amide bonds. The van der Waals surface area contributed by atoms with Gasteiger partial charge in [-0.25, -0.2) is 4.79 Å². The van der Waals surface area contributed by atoms with Gasteiger partial charge >= 0.3 is 5.97 Å². The number of fused-ring (bicyclic) bond motifs is 1. The van der Waals surface area contributed by atoms with Gasteiger partial charge in [0.05, 0.1) is 11.3 Å². The summed E-state index contributed by atoms with van der Waals surface area (Å²) in [6.45, 7) is 0. The van der Waals surface area contributed by atoms with E-state index in [2.05, 4.69) is 11.1 Å².